The molecule has 2 amide bonds. The zero-order chi connectivity index (χ0) is 17.8. The van der Waals surface area contributed by atoms with Crippen LogP contribution in [-0.4, -0.2) is 30.3 Å². The maximum atomic E-state index is 12.5. The molecule has 0 aliphatic carbocycles. The monoisotopic (exact) mass is 334 g/mol. The molecule has 0 bridgehead atoms. The molecule has 1 N–H and O–H groups in total. The van der Waals surface area contributed by atoms with Gasteiger partial charge in [-0.25, -0.2) is 0 Å². The van der Waals surface area contributed by atoms with Crippen molar-refractivity contribution in [3.05, 3.63) is 59.7 Å². The highest BCUT2D eigenvalue weighted by Crippen LogP contribution is 2.28. The zero-order valence-corrected chi connectivity index (χ0v) is 14.1. The van der Waals surface area contributed by atoms with Crippen molar-refractivity contribution in [3.63, 3.8) is 0 Å². The molecule has 0 aromatic heterocycles. The lowest BCUT2D eigenvalue weighted by molar-refractivity contribution is -0.114. The Morgan fingerprint density at radius 1 is 1.16 bits per heavy atom. The highest BCUT2D eigenvalue weighted by atomic mass is 16.2. The average molecular weight is 334 g/mol. The Labute approximate surface area is 145 Å². The molecule has 1 aliphatic rings. The summed E-state index contributed by atoms with van der Waals surface area (Å²) in [6.45, 7) is 3.97. The summed E-state index contributed by atoms with van der Waals surface area (Å²) in [6.07, 6.45) is 1.58. The summed E-state index contributed by atoms with van der Waals surface area (Å²) in [5.41, 5.74) is 3.55. The van der Waals surface area contributed by atoms with Gasteiger partial charge in [-0.2, -0.15) is 5.10 Å². The normalized spacial score (nSPS) is 15.0. The van der Waals surface area contributed by atoms with E-state index in [2.05, 4.69) is 15.5 Å². The summed E-state index contributed by atoms with van der Waals surface area (Å²) < 4.78 is 0. The van der Waals surface area contributed by atoms with Crippen molar-refractivity contribution in [2.75, 3.05) is 16.8 Å². The van der Waals surface area contributed by atoms with Crippen LogP contribution in [0.2, 0.25) is 0 Å². The number of anilines is 2. The van der Waals surface area contributed by atoms with Crippen LogP contribution in [0, 0.1) is 0 Å². The molecule has 6 heteroatoms. The Kier molecular flexibility index (Phi) is 4.70. The molecule has 0 spiro atoms. The molecule has 2 aromatic carbocycles. The van der Waals surface area contributed by atoms with Gasteiger partial charge in [-0.05, 0) is 30.7 Å². The second-order valence-electron chi connectivity index (χ2n) is 5.56. The number of carbonyl (C=O) groups excluding carboxylic acids is 2. The van der Waals surface area contributed by atoms with Crippen molar-refractivity contribution < 1.29 is 9.59 Å². The van der Waals surface area contributed by atoms with Gasteiger partial charge in [0.1, 0.15) is 0 Å². The molecular weight excluding hydrogens is 316 g/mol. The first-order chi connectivity index (χ1) is 12.1. The van der Waals surface area contributed by atoms with Crippen LogP contribution >= 0.6 is 0 Å². The lowest BCUT2D eigenvalue weighted by Crippen LogP contribution is -2.29. The van der Waals surface area contributed by atoms with E-state index in [1.54, 1.807) is 23.2 Å². The van der Waals surface area contributed by atoms with E-state index in [0.29, 0.717) is 12.3 Å². The van der Waals surface area contributed by atoms with Crippen LogP contribution in [0.25, 0.3) is 0 Å². The average Bonchev–Trinajstić information content (AvgIpc) is 2.87. The first kappa shape index (κ1) is 16.6. The molecule has 0 unspecified atom stereocenters. The molecular formula is C19H18N4O2. The number of para-hydroxylation sites is 1. The van der Waals surface area contributed by atoms with Gasteiger partial charge >= 0.3 is 0 Å². The lowest BCUT2D eigenvalue weighted by Gasteiger charge is -2.12. The van der Waals surface area contributed by atoms with Gasteiger partial charge in [0, 0.05) is 24.7 Å². The second kappa shape index (κ2) is 7.09. The molecule has 25 heavy (non-hydrogen) atoms. The van der Waals surface area contributed by atoms with Crippen LogP contribution in [0.5, 0.6) is 0 Å². The van der Waals surface area contributed by atoms with Crippen molar-refractivity contribution >= 4 is 35.1 Å². The van der Waals surface area contributed by atoms with Gasteiger partial charge in [-0.15, -0.1) is 5.10 Å². The Balaban J connectivity index is 1.81. The van der Waals surface area contributed by atoms with Crippen molar-refractivity contribution in [1.82, 2.24) is 0 Å². The van der Waals surface area contributed by atoms with Crippen LogP contribution in [0.4, 0.5) is 11.4 Å². The fourth-order valence-electron chi connectivity index (χ4n) is 2.68. The lowest BCUT2D eigenvalue weighted by atomic mass is 10.1. The Morgan fingerprint density at radius 2 is 1.88 bits per heavy atom. The van der Waals surface area contributed by atoms with E-state index < -0.39 is 0 Å². The van der Waals surface area contributed by atoms with Crippen LogP contribution in [-0.2, 0) is 9.59 Å². The minimum absolute atomic E-state index is 0.119. The fourth-order valence-corrected chi connectivity index (χ4v) is 2.68. The Morgan fingerprint density at radius 3 is 2.56 bits per heavy atom. The summed E-state index contributed by atoms with van der Waals surface area (Å²) in [7, 11) is 0. The number of nitrogens with one attached hydrogen (secondary N) is 1. The third kappa shape index (κ3) is 3.47. The number of carbonyl (C=O) groups is 2. The SMILES string of the molecule is CCN1C(=O)/C(=N/N=C\c2ccc(NC(C)=O)cc2)c2ccccc21. The van der Waals surface area contributed by atoms with E-state index in [-0.39, 0.29) is 11.8 Å². The number of nitrogens with zero attached hydrogens (tertiary/aromatic N) is 3. The van der Waals surface area contributed by atoms with Gasteiger partial charge in [-0.1, -0.05) is 30.3 Å². The number of amides is 2. The van der Waals surface area contributed by atoms with Crippen LogP contribution < -0.4 is 10.2 Å². The van der Waals surface area contributed by atoms with E-state index >= 15 is 0 Å². The van der Waals surface area contributed by atoms with E-state index in [1.807, 2.05) is 43.3 Å². The van der Waals surface area contributed by atoms with Gasteiger partial charge < -0.3 is 10.2 Å². The number of likely N-dealkylation sites (N-methyl/N-ethyl adjacent to an activating group) is 1. The quantitative estimate of drug-likeness (QED) is 0.690. The highest BCUT2D eigenvalue weighted by Gasteiger charge is 2.32. The van der Waals surface area contributed by atoms with Crippen molar-refractivity contribution in [3.8, 4) is 0 Å². The number of benzene rings is 2. The Hall–Kier alpha value is -3.28. The molecule has 1 aliphatic heterocycles. The third-order valence-electron chi connectivity index (χ3n) is 3.81. The van der Waals surface area contributed by atoms with E-state index in [9.17, 15) is 9.59 Å². The molecule has 126 valence electrons. The second-order valence-corrected chi connectivity index (χ2v) is 5.56. The van der Waals surface area contributed by atoms with Crippen molar-refractivity contribution in [1.29, 1.82) is 0 Å². The van der Waals surface area contributed by atoms with E-state index in [1.165, 1.54) is 6.92 Å². The summed E-state index contributed by atoms with van der Waals surface area (Å²) in [5.74, 6) is -0.256. The molecule has 0 radical (unpaired) electrons. The van der Waals surface area contributed by atoms with Crippen LogP contribution in [0.1, 0.15) is 25.0 Å². The maximum absolute atomic E-state index is 12.5. The van der Waals surface area contributed by atoms with E-state index in [4.69, 9.17) is 0 Å². The van der Waals surface area contributed by atoms with E-state index in [0.717, 1.165) is 22.5 Å². The van der Waals surface area contributed by atoms with Gasteiger partial charge in [0.05, 0.1) is 11.9 Å². The van der Waals surface area contributed by atoms with Gasteiger partial charge in [0.15, 0.2) is 5.71 Å². The number of hydrogen-bond acceptors (Lipinski definition) is 4. The number of rotatable bonds is 4. The topological polar surface area (TPSA) is 74.1 Å². The molecule has 0 saturated heterocycles. The fraction of sp³-hybridized carbons (Fsp3) is 0.158. The van der Waals surface area contributed by atoms with Gasteiger partial charge in [0.2, 0.25) is 5.91 Å². The summed E-state index contributed by atoms with van der Waals surface area (Å²) in [4.78, 5) is 25.2. The zero-order valence-electron chi connectivity index (χ0n) is 14.1. The predicted octanol–water partition coefficient (Wildman–Crippen LogP) is 2.83. The summed E-state index contributed by atoms with van der Waals surface area (Å²) >= 11 is 0. The van der Waals surface area contributed by atoms with Crippen LogP contribution in [0.15, 0.2) is 58.7 Å². The molecule has 0 saturated carbocycles. The minimum atomic E-state index is -0.137. The third-order valence-corrected chi connectivity index (χ3v) is 3.81. The largest absolute Gasteiger partial charge is 0.326 e. The highest BCUT2D eigenvalue weighted by molar-refractivity contribution is 6.54. The molecule has 6 nitrogen and oxygen atoms in total. The number of hydrogen-bond donors (Lipinski definition) is 1. The molecule has 1 heterocycles. The molecule has 2 aromatic rings. The van der Waals surface area contributed by atoms with Crippen molar-refractivity contribution in [2.45, 2.75) is 13.8 Å². The maximum Gasteiger partial charge on any atom is 0.279 e. The Bertz CT molecular complexity index is 869. The van der Waals surface area contributed by atoms with Gasteiger partial charge in [0.25, 0.3) is 5.91 Å². The summed E-state index contributed by atoms with van der Waals surface area (Å²) in [5, 5.41) is 10.9. The van der Waals surface area contributed by atoms with Crippen LogP contribution in [0.3, 0.4) is 0 Å². The predicted molar refractivity (Wildman–Crippen MR) is 99.3 cm³/mol. The van der Waals surface area contributed by atoms with Gasteiger partial charge in [-0.3, -0.25) is 9.59 Å². The first-order valence-electron chi connectivity index (χ1n) is 8.00. The number of fused-ring (bicyclic) bond motifs is 1. The summed E-state index contributed by atoms with van der Waals surface area (Å²) in [6, 6.07) is 14.8. The molecule has 0 fully saturated rings. The minimum Gasteiger partial charge on any atom is -0.326 e. The molecule has 0 atom stereocenters. The first-order valence-corrected chi connectivity index (χ1v) is 8.00. The smallest absolute Gasteiger partial charge is 0.279 e. The van der Waals surface area contributed by atoms with Crippen molar-refractivity contribution in [2.24, 2.45) is 10.2 Å². The standard InChI is InChI=1S/C19H18N4O2/c1-3-23-17-7-5-4-6-16(17)18(19(23)25)22-20-12-14-8-10-15(11-9-14)21-13(2)24/h4-12H,3H2,1-2H3,(H,21,24)/b20-12-,22-18+. The molecule has 3 rings (SSSR count).